The van der Waals surface area contributed by atoms with Crippen molar-refractivity contribution in [3.05, 3.63) is 72.0 Å². The molecule has 0 amide bonds. The molecule has 0 aliphatic heterocycles. The van der Waals surface area contributed by atoms with E-state index in [0.717, 1.165) is 17.0 Å². The summed E-state index contributed by atoms with van der Waals surface area (Å²) in [5.74, 6) is 0.552. The SMILES string of the molecule is Fc1ccc(-c2ccc3cc(C4CCCCC4)ccc3c2)cc1. The first-order valence-electron chi connectivity index (χ1n) is 8.59. The number of benzene rings is 3. The topological polar surface area (TPSA) is 0 Å². The van der Waals surface area contributed by atoms with Crippen LogP contribution in [-0.2, 0) is 0 Å². The van der Waals surface area contributed by atoms with Crippen molar-refractivity contribution < 1.29 is 4.39 Å². The maximum absolute atomic E-state index is 13.1. The minimum Gasteiger partial charge on any atom is -0.207 e. The van der Waals surface area contributed by atoms with E-state index in [4.69, 9.17) is 0 Å². The van der Waals surface area contributed by atoms with Gasteiger partial charge >= 0.3 is 0 Å². The summed E-state index contributed by atoms with van der Waals surface area (Å²) in [6.45, 7) is 0. The van der Waals surface area contributed by atoms with E-state index in [1.54, 1.807) is 0 Å². The predicted molar refractivity (Wildman–Crippen MR) is 95.2 cm³/mol. The molecule has 0 atom stereocenters. The van der Waals surface area contributed by atoms with Crippen LogP contribution in [0.5, 0.6) is 0 Å². The molecular formula is C22H21F. The number of halogens is 1. The van der Waals surface area contributed by atoms with E-state index in [1.807, 2.05) is 12.1 Å². The molecule has 0 bridgehead atoms. The van der Waals surface area contributed by atoms with Gasteiger partial charge in [-0.25, -0.2) is 4.39 Å². The molecule has 3 aromatic carbocycles. The van der Waals surface area contributed by atoms with Crippen molar-refractivity contribution in [2.24, 2.45) is 0 Å². The maximum Gasteiger partial charge on any atom is 0.123 e. The number of fused-ring (bicyclic) bond motifs is 1. The zero-order chi connectivity index (χ0) is 15.6. The molecule has 1 aliphatic carbocycles. The molecule has 0 unspecified atom stereocenters. The van der Waals surface area contributed by atoms with E-state index in [9.17, 15) is 4.39 Å². The van der Waals surface area contributed by atoms with E-state index in [-0.39, 0.29) is 5.82 Å². The van der Waals surface area contributed by atoms with Gasteiger partial charge in [0.05, 0.1) is 0 Å². The zero-order valence-electron chi connectivity index (χ0n) is 13.3. The fraction of sp³-hybridized carbons (Fsp3) is 0.273. The predicted octanol–water partition coefficient (Wildman–Crippen LogP) is 6.69. The average Bonchev–Trinajstić information content (AvgIpc) is 2.62. The van der Waals surface area contributed by atoms with Crippen molar-refractivity contribution in [1.29, 1.82) is 0 Å². The second-order valence-electron chi connectivity index (χ2n) is 6.66. The molecule has 0 spiro atoms. The Kier molecular flexibility index (Phi) is 3.87. The highest BCUT2D eigenvalue weighted by Gasteiger charge is 2.15. The quantitative estimate of drug-likeness (QED) is 0.494. The van der Waals surface area contributed by atoms with Crippen molar-refractivity contribution in [3.63, 3.8) is 0 Å². The van der Waals surface area contributed by atoms with Gasteiger partial charge in [-0.3, -0.25) is 0 Å². The van der Waals surface area contributed by atoms with Crippen molar-refractivity contribution >= 4 is 10.8 Å². The lowest BCUT2D eigenvalue weighted by Gasteiger charge is -2.22. The fourth-order valence-electron chi connectivity index (χ4n) is 3.78. The molecule has 1 fully saturated rings. The van der Waals surface area contributed by atoms with Crippen LogP contribution in [0.1, 0.15) is 43.6 Å². The van der Waals surface area contributed by atoms with E-state index in [1.165, 1.54) is 60.6 Å². The molecule has 0 aromatic heterocycles. The fourth-order valence-corrected chi connectivity index (χ4v) is 3.78. The highest BCUT2D eigenvalue weighted by atomic mass is 19.1. The Balaban J connectivity index is 1.68. The molecule has 1 heteroatoms. The third-order valence-electron chi connectivity index (χ3n) is 5.12. The Morgan fingerprint density at radius 2 is 1.30 bits per heavy atom. The molecule has 0 radical (unpaired) electrons. The van der Waals surface area contributed by atoms with E-state index in [2.05, 4.69) is 36.4 Å². The molecule has 116 valence electrons. The smallest absolute Gasteiger partial charge is 0.123 e. The molecule has 0 N–H and O–H groups in total. The molecule has 3 aromatic rings. The molecule has 4 rings (SSSR count). The number of rotatable bonds is 2. The summed E-state index contributed by atoms with van der Waals surface area (Å²) >= 11 is 0. The number of hydrogen-bond acceptors (Lipinski definition) is 0. The van der Waals surface area contributed by atoms with Crippen molar-refractivity contribution in [3.8, 4) is 11.1 Å². The Hall–Kier alpha value is -2.15. The lowest BCUT2D eigenvalue weighted by atomic mass is 9.83. The molecule has 0 nitrogen and oxygen atoms in total. The van der Waals surface area contributed by atoms with Gasteiger partial charge in [0.25, 0.3) is 0 Å². The number of hydrogen-bond donors (Lipinski definition) is 0. The Morgan fingerprint density at radius 1 is 0.652 bits per heavy atom. The van der Waals surface area contributed by atoms with Gasteiger partial charge in [0, 0.05) is 0 Å². The van der Waals surface area contributed by atoms with Crippen LogP contribution in [0.15, 0.2) is 60.7 Å². The van der Waals surface area contributed by atoms with Gasteiger partial charge in [-0.15, -0.1) is 0 Å². The van der Waals surface area contributed by atoms with Crippen LogP contribution in [0, 0.1) is 5.82 Å². The normalized spacial score (nSPS) is 15.9. The van der Waals surface area contributed by atoms with Gasteiger partial charge in [0.1, 0.15) is 5.82 Å². The summed E-state index contributed by atoms with van der Waals surface area (Å²) in [6, 6.07) is 20.2. The summed E-state index contributed by atoms with van der Waals surface area (Å²) in [7, 11) is 0. The van der Waals surface area contributed by atoms with Gasteiger partial charge in [-0.1, -0.05) is 61.7 Å². The summed E-state index contributed by atoms with van der Waals surface area (Å²) < 4.78 is 13.1. The third kappa shape index (κ3) is 3.01. The molecule has 1 saturated carbocycles. The van der Waals surface area contributed by atoms with Crippen LogP contribution in [0.25, 0.3) is 21.9 Å². The molecular weight excluding hydrogens is 283 g/mol. The largest absolute Gasteiger partial charge is 0.207 e. The van der Waals surface area contributed by atoms with Crippen LogP contribution in [0.2, 0.25) is 0 Å². The summed E-state index contributed by atoms with van der Waals surface area (Å²) in [4.78, 5) is 0. The highest BCUT2D eigenvalue weighted by molar-refractivity contribution is 5.88. The first-order chi connectivity index (χ1) is 11.3. The molecule has 23 heavy (non-hydrogen) atoms. The first kappa shape index (κ1) is 14.4. The summed E-state index contributed by atoms with van der Waals surface area (Å²) in [5, 5.41) is 2.56. The molecule has 0 heterocycles. The Labute approximate surface area is 137 Å². The second-order valence-corrected chi connectivity index (χ2v) is 6.66. The van der Waals surface area contributed by atoms with Gasteiger partial charge in [0.2, 0.25) is 0 Å². The van der Waals surface area contributed by atoms with Gasteiger partial charge in [-0.05, 0) is 64.4 Å². The van der Waals surface area contributed by atoms with Crippen LogP contribution in [0.3, 0.4) is 0 Å². The summed E-state index contributed by atoms with van der Waals surface area (Å²) in [6.07, 6.45) is 6.79. The van der Waals surface area contributed by atoms with Crippen LogP contribution in [0.4, 0.5) is 4.39 Å². The van der Waals surface area contributed by atoms with E-state index >= 15 is 0 Å². The van der Waals surface area contributed by atoms with E-state index in [0.29, 0.717) is 0 Å². The first-order valence-corrected chi connectivity index (χ1v) is 8.59. The lowest BCUT2D eigenvalue weighted by molar-refractivity contribution is 0.444. The lowest BCUT2D eigenvalue weighted by Crippen LogP contribution is -2.04. The Bertz CT molecular complexity index is 811. The van der Waals surface area contributed by atoms with Gasteiger partial charge in [-0.2, -0.15) is 0 Å². The monoisotopic (exact) mass is 304 g/mol. The highest BCUT2D eigenvalue weighted by Crippen LogP contribution is 2.34. The van der Waals surface area contributed by atoms with Gasteiger partial charge < -0.3 is 0 Å². The minimum atomic E-state index is -0.188. The van der Waals surface area contributed by atoms with Crippen LogP contribution < -0.4 is 0 Å². The van der Waals surface area contributed by atoms with Crippen LogP contribution in [-0.4, -0.2) is 0 Å². The van der Waals surface area contributed by atoms with Gasteiger partial charge in [0.15, 0.2) is 0 Å². The third-order valence-corrected chi connectivity index (χ3v) is 5.12. The standard InChI is InChI=1S/C22H21F/c23-22-12-10-17(11-13-22)19-7-9-20-14-18(6-8-21(20)15-19)16-4-2-1-3-5-16/h6-16H,1-5H2. The zero-order valence-corrected chi connectivity index (χ0v) is 13.3. The van der Waals surface area contributed by atoms with E-state index < -0.39 is 0 Å². The van der Waals surface area contributed by atoms with Crippen molar-refractivity contribution in [2.45, 2.75) is 38.0 Å². The summed E-state index contributed by atoms with van der Waals surface area (Å²) in [5.41, 5.74) is 3.69. The molecule has 0 saturated heterocycles. The average molecular weight is 304 g/mol. The second kappa shape index (κ2) is 6.16. The van der Waals surface area contributed by atoms with Crippen LogP contribution >= 0.6 is 0 Å². The van der Waals surface area contributed by atoms with Crippen molar-refractivity contribution in [1.82, 2.24) is 0 Å². The maximum atomic E-state index is 13.1. The molecule has 1 aliphatic rings. The Morgan fingerprint density at radius 3 is 2.09 bits per heavy atom. The minimum absolute atomic E-state index is 0.188. The van der Waals surface area contributed by atoms with Crippen molar-refractivity contribution in [2.75, 3.05) is 0 Å².